The minimum absolute atomic E-state index is 0.456. The van der Waals surface area contributed by atoms with Crippen molar-refractivity contribution in [3.05, 3.63) is 0 Å². The fourth-order valence-electron chi connectivity index (χ4n) is 1.50. The molecule has 0 N–H and O–H groups in total. The molecule has 2 unspecified atom stereocenters. The Kier molecular flexibility index (Phi) is 2.80. The van der Waals surface area contributed by atoms with Crippen LogP contribution in [0.1, 0.15) is 20.8 Å². The van der Waals surface area contributed by atoms with Gasteiger partial charge in [-0.2, -0.15) is 0 Å². The highest BCUT2D eigenvalue weighted by atomic mass is 14.9. The lowest BCUT2D eigenvalue weighted by atomic mass is 9.93. The zero-order valence-electron chi connectivity index (χ0n) is 7.49. The molecule has 0 aromatic carbocycles. The topological polar surface area (TPSA) is 24.7 Å². The van der Waals surface area contributed by atoms with E-state index in [1.807, 2.05) is 6.21 Å². The lowest BCUT2D eigenvalue weighted by Gasteiger charge is -2.20. The SMILES string of the molecule is CC(C)C1N=CC=NCC1C. The molecule has 0 bridgehead atoms. The summed E-state index contributed by atoms with van der Waals surface area (Å²) in [5.74, 6) is 1.22. The molecule has 1 aliphatic rings. The molecule has 1 rings (SSSR count). The van der Waals surface area contributed by atoms with Crippen LogP contribution < -0.4 is 0 Å². The molecule has 11 heavy (non-hydrogen) atoms. The summed E-state index contributed by atoms with van der Waals surface area (Å²) in [6, 6.07) is 0.456. The Labute approximate surface area is 68.4 Å². The van der Waals surface area contributed by atoms with E-state index in [-0.39, 0.29) is 0 Å². The Morgan fingerprint density at radius 2 is 2.09 bits per heavy atom. The van der Waals surface area contributed by atoms with Crippen molar-refractivity contribution in [3.63, 3.8) is 0 Å². The Hall–Kier alpha value is -0.660. The van der Waals surface area contributed by atoms with E-state index in [2.05, 4.69) is 30.8 Å². The summed E-state index contributed by atoms with van der Waals surface area (Å²) in [5.41, 5.74) is 0. The van der Waals surface area contributed by atoms with Crippen LogP contribution in [0.5, 0.6) is 0 Å². The molecule has 2 atom stereocenters. The van der Waals surface area contributed by atoms with Crippen molar-refractivity contribution < 1.29 is 0 Å². The number of rotatable bonds is 1. The van der Waals surface area contributed by atoms with Crippen LogP contribution in [0, 0.1) is 11.8 Å². The number of hydrogen-bond donors (Lipinski definition) is 0. The van der Waals surface area contributed by atoms with E-state index in [4.69, 9.17) is 0 Å². The third-order valence-electron chi connectivity index (χ3n) is 2.09. The molecule has 62 valence electrons. The minimum atomic E-state index is 0.456. The maximum Gasteiger partial charge on any atom is 0.0566 e. The van der Waals surface area contributed by atoms with Crippen LogP contribution in [0.2, 0.25) is 0 Å². The molecule has 0 saturated heterocycles. The summed E-state index contributed by atoms with van der Waals surface area (Å²) < 4.78 is 0. The maximum absolute atomic E-state index is 4.43. The van der Waals surface area contributed by atoms with Gasteiger partial charge in [0, 0.05) is 19.0 Å². The van der Waals surface area contributed by atoms with Crippen LogP contribution in [0.25, 0.3) is 0 Å². The maximum atomic E-state index is 4.43. The van der Waals surface area contributed by atoms with Gasteiger partial charge in [-0.1, -0.05) is 20.8 Å². The second-order valence-electron chi connectivity index (χ2n) is 3.52. The molecule has 0 saturated carbocycles. The van der Waals surface area contributed by atoms with Crippen molar-refractivity contribution in [2.75, 3.05) is 6.54 Å². The lowest BCUT2D eigenvalue weighted by molar-refractivity contribution is 0.377. The van der Waals surface area contributed by atoms with Crippen LogP contribution in [-0.4, -0.2) is 25.0 Å². The van der Waals surface area contributed by atoms with Gasteiger partial charge >= 0.3 is 0 Å². The quantitative estimate of drug-likeness (QED) is 0.547. The summed E-state index contributed by atoms with van der Waals surface area (Å²) in [7, 11) is 0. The van der Waals surface area contributed by atoms with Gasteiger partial charge in [-0.05, 0) is 11.8 Å². The van der Waals surface area contributed by atoms with E-state index in [1.165, 1.54) is 0 Å². The van der Waals surface area contributed by atoms with E-state index in [9.17, 15) is 0 Å². The van der Waals surface area contributed by atoms with Crippen LogP contribution >= 0.6 is 0 Å². The molecule has 1 aliphatic heterocycles. The van der Waals surface area contributed by atoms with Crippen molar-refractivity contribution in [1.29, 1.82) is 0 Å². The van der Waals surface area contributed by atoms with Gasteiger partial charge in [0.2, 0.25) is 0 Å². The fourth-order valence-corrected chi connectivity index (χ4v) is 1.50. The fraction of sp³-hybridized carbons (Fsp3) is 0.778. The molecule has 0 aliphatic carbocycles. The predicted octanol–water partition coefficient (Wildman–Crippen LogP) is 1.80. The number of hydrogen-bond acceptors (Lipinski definition) is 2. The van der Waals surface area contributed by atoms with Crippen molar-refractivity contribution in [3.8, 4) is 0 Å². The summed E-state index contributed by atoms with van der Waals surface area (Å²) in [5, 5.41) is 0. The smallest absolute Gasteiger partial charge is 0.0566 e. The zero-order chi connectivity index (χ0) is 8.27. The summed E-state index contributed by atoms with van der Waals surface area (Å²) in [4.78, 5) is 8.64. The Bertz CT molecular complexity index is 170. The highest BCUT2D eigenvalue weighted by molar-refractivity contribution is 6.16. The molecular formula is C9H16N2. The summed E-state index contributed by atoms with van der Waals surface area (Å²) in [6.07, 6.45) is 3.63. The average molecular weight is 152 g/mol. The zero-order valence-corrected chi connectivity index (χ0v) is 7.49. The van der Waals surface area contributed by atoms with Crippen LogP contribution in [0.15, 0.2) is 9.98 Å². The van der Waals surface area contributed by atoms with Gasteiger partial charge in [-0.3, -0.25) is 9.98 Å². The van der Waals surface area contributed by atoms with Crippen LogP contribution in [-0.2, 0) is 0 Å². The number of nitrogens with zero attached hydrogens (tertiary/aromatic N) is 2. The highest BCUT2D eigenvalue weighted by Crippen LogP contribution is 2.17. The third kappa shape index (κ3) is 2.14. The van der Waals surface area contributed by atoms with Crippen molar-refractivity contribution in [1.82, 2.24) is 0 Å². The Balaban J connectivity index is 2.64. The summed E-state index contributed by atoms with van der Waals surface area (Å²) in [6.45, 7) is 7.56. The van der Waals surface area contributed by atoms with Gasteiger partial charge in [-0.25, -0.2) is 0 Å². The number of aliphatic imine (C=N–C) groups is 2. The second kappa shape index (κ2) is 3.65. The highest BCUT2D eigenvalue weighted by Gasteiger charge is 2.19. The van der Waals surface area contributed by atoms with Gasteiger partial charge in [0.1, 0.15) is 0 Å². The van der Waals surface area contributed by atoms with E-state index >= 15 is 0 Å². The second-order valence-corrected chi connectivity index (χ2v) is 3.52. The third-order valence-corrected chi connectivity index (χ3v) is 2.09. The first-order valence-electron chi connectivity index (χ1n) is 4.23. The van der Waals surface area contributed by atoms with Gasteiger partial charge in [-0.15, -0.1) is 0 Å². The van der Waals surface area contributed by atoms with Gasteiger partial charge in [0.15, 0.2) is 0 Å². The Morgan fingerprint density at radius 1 is 1.36 bits per heavy atom. The minimum Gasteiger partial charge on any atom is -0.291 e. The molecule has 0 amide bonds. The first-order chi connectivity index (χ1) is 5.22. The van der Waals surface area contributed by atoms with E-state index in [0.29, 0.717) is 17.9 Å². The molecular weight excluding hydrogens is 136 g/mol. The van der Waals surface area contributed by atoms with Crippen molar-refractivity contribution in [2.45, 2.75) is 26.8 Å². The predicted molar refractivity (Wildman–Crippen MR) is 49.6 cm³/mol. The monoisotopic (exact) mass is 152 g/mol. The first kappa shape index (κ1) is 8.44. The van der Waals surface area contributed by atoms with Crippen LogP contribution in [0.4, 0.5) is 0 Å². The van der Waals surface area contributed by atoms with Gasteiger partial charge in [0.05, 0.1) is 6.04 Å². The lowest BCUT2D eigenvalue weighted by Crippen LogP contribution is -2.23. The molecule has 2 nitrogen and oxygen atoms in total. The first-order valence-corrected chi connectivity index (χ1v) is 4.23. The van der Waals surface area contributed by atoms with E-state index in [0.717, 1.165) is 6.54 Å². The molecule has 0 aromatic rings. The van der Waals surface area contributed by atoms with E-state index < -0.39 is 0 Å². The van der Waals surface area contributed by atoms with Crippen molar-refractivity contribution in [2.24, 2.45) is 21.8 Å². The van der Waals surface area contributed by atoms with Gasteiger partial charge in [0.25, 0.3) is 0 Å². The molecule has 0 radical (unpaired) electrons. The van der Waals surface area contributed by atoms with Crippen LogP contribution in [0.3, 0.4) is 0 Å². The normalized spacial score (nSPS) is 30.9. The largest absolute Gasteiger partial charge is 0.291 e. The molecule has 1 heterocycles. The van der Waals surface area contributed by atoms with Gasteiger partial charge < -0.3 is 0 Å². The molecule has 0 spiro atoms. The molecule has 0 fully saturated rings. The molecule has 0 aromatic heterocycles. The Morgan fingerprint density at radius 3 is 2.73 bits per heavy atom. The van der Waals surface area contributed by atoms with E-state index in [1.54, 1.807) is 6.21 Å². The van der Waals surface area contributed by atoms with Crippen molar-refractivity contribution >= 4 is 12.4 Å². The standard InChI is InChI=1S/C9H16N2/c1-7(2)9-8(3)6-10-4-5-11-9/h4-5,7-9H,6H2,1-3H3. The molecule has 2 heteroatoms. The summed E-state index contributed by atoms with van der Waals surface area (Å²) >= 11 is 0. The average Bonchev–Trinajstić information content (AvgIpc) is 2.13.